The third kappa shape index (κ3) is 10.5. The van der Waals surface area contributed by atoms with Crippen LogP contribution in [0.2, 0.25) is 0 Å². The van der Waals surface area contributed by atoms with Crippen molar-refractivity contribution in [2.75, 3.05) is 38.1 Å². The second-order valence-corrected chi connectivity index (χ2v) is 12.8. The van der Waals surface area contributed by atoms with Crippen molar-refractivity contribution >= 4 is 11.4 Å². The molecule has 0 amide bonds. The molecule has 0 bridgehead atoms. The maximum atomic E-state index is 5.16. The molecule has 7 heteroatoms. The molecule has 0 fully saturated rings. The Morgan fingerprint density at radius 2 is 1.09 bits per heavy atom. The zero-order valence-electron chi connectivity index (χ0n) is 29.2. The van der Waals surface area contributed by atoms with Crippen molar-refractivity contribution in [1.29, 1.82) is 0 Å². The van der Waals surface area contributed by atoms with Gasteiger partial charge in [0.2, 0.25) is 0 Å². The molecule has 0 spiro atoms. The van der Waals surface area contributed by atoms with Crippen molar-refractivity contribution in [2.24, 2.45) is 0 Å². The second-order valence-electron chi connectivity index (χ2n) is 12.8. The summed E-state index contributed by atoms with van der Waals surface area (Å²) in [6.07, 6.45) is 4.43. The molecule has 3 aromatic carbocycles. The Bertz CT molecular complexity index is 1220. The number of benzene rings is 3. The fourth-order valence-electron chi connectivity index (χ4n) is 5.47. The van der Waals surface area contributed by atoms with Gasteiger partial charge in [0.05, 0.1) is 14.2 Å². The van der Waals surface area contributed by atoms with Crippen LogP contribution in [0.4, 0.5) is 11.4 Å². The summed E-state index contributed by atoms with van der Waals surface area (Å²) < 4.78 is 10.3. The molecule has 4 rings (SSSR count). The van der Waals surface area contributed by atoms with E-state index in [9.17, 15) is 0 Å². The van der Waals surface area contributed by atoms with E-state index in [2.05, 4.69) is 132 Å². The number of halogens is 1. The van der Waals surface area contributed by atoms with Gasteiger partial charge >= 0.3 is 20.4 Å². The second kappa shape index (κ2) is 18.6. The average Bonchev–Trinajstić information content (AvgIpc) is 3.45. The molecule has 0 saturated carbocycles. The van der Waals surface area contributed by atoms with Crippen LogP contribution in [0.15, 0.2) is 60.9 Å². The van der Waals surface area contributed by atoms with Crippen LogP contribution in [-0.2, 0) is 27.0 Å². The van der Waals surface area contributed by atoms with Gasteiger partial charge in [0.25, 0.3) is 0 Å². The zero-order chi connectivity index (χ0) is 31.8. The topological polar surface area (TPSA) is 28.2 Å². The Balaban J connectivity index is 0.000000538. The van der Waals surface area contributed by atoms with Crippen LogP contribution in [-0.4, -0.2) is 33.2 Å². The Morgan fingerprint density at radius 3 is 1.40 bits per heavy atom. The summed E-state index contributed by atoms with van der Waals surface area (Å²) in [6, 6.07) is 20.4. The fraction of sp³-hybridized carbons (Fsp3) is 0.447. The summed E-state index contributed by atoms with van der Waals surface area (Å²) in [5.41, 5.74) is 9.35. The number of methoxy groups -OCH3 is 2. The zero-order valence-corrected chi connectivity index (χ0v) is 31.5. The molecule has 0 unspecified atom stereocenters. The quantitative estimate of drug-likeness (QED) is 0.172. The Morgan fingerprint density at radius 1 is 0.689 bits per heavy atom. The third-order valence-corrected chi connectivity index (χ3v) is 7.65. The van der Waals surface area contributed by atoms with E-state index in [1.165, 1.54) is 33.6 Å². The van der Waals surface area contributed by atoms with E-state index >= 15 is 0 Å². The molecule has 250 valence electrons. The molecular formula is C38H53ClN3O2Pd-. The van der Waals surface area contributed by atoms with Crippen LogP contribution < -0.4 is 31.7 Å². The summed E-state index contributed by atoms with van der Waals surface area (Å²) >= 11 is 0. The molecule has 0 radical (unpaired) electrons. The summed E-state index contributed by atoms with van der Waals surface area (Å²) in [4.78, 5) is 6.72. The van der Waals surface area contributed by atoms with E-state index in [4.69, 9.17) is 9.47 Å². The van der Waals surface area contributed by atoms with Gasteiger partial charge in [-0.15, -0.1) is 24.4 Å². The van der Waals surface area contributed by atoms with E-state index in [0.29, 0.717) is 29.4 Å². The molecule has 1 aliphatic heterocycles. The summed E-state index contributed by atoms with van der Waals surface area (Å²) in [6.45, 7) is 21.4. The molecule has 1 aliphatic rings. The van der Waals surface area contributed by atoms with Crippen molar-refractivity contribution in [1.82, 2.24) is 4.90 Å². The SMILES string of the molecule is CC(C)c1cccc(C(C)C)c1N1C=CN(c2c(C(C)C)cccc2C(C)C)[CH-]1.COc1[c-]c(CN(C)C)cc(OC)c1.[Cl-].[Pd+2]. The first kappa shape index (κ1) is 40.5. The molecule has 45 heavy (non-hydrogen) atoms. The number of anilines is 2. The fourth-order valence-corrected chi connectivity index (χ4v) is 5.47. The molecule has 1 heterocycles. The van der Waals surface area contributed by atoms with Crippen LogP contribution in [0.1, 0.15) is 107 Å². The smallest absolute Gasteiger partial charge is 1.00 e. The summed E-state index contributed by atoms with van der Waals surface area (Å²) in [5, 5.41) is 0. The molecule has 0 atom stereocenters. The van der Waals surface area contributed by atoms with Crippen molar-refractivity contribution in [3.8, 4) is 11.5 Å². The Kier molecular flexibility index (Phi) is 16.8. The minimum absolute atomic E-state index is 0. The standard InChI is InChI=1S/C27H37N2.C11H16NO2.ClH.Pd/c1-18(2)22-11-9-12-23(19(3)4)26(22)28-15-16-29(17-28)27-24(20(5)6)13-10-14-25(27)21(7)8;1-12(2)8-9-5-10(13-3)7-11(6-9)14-4;;/h9-21H,1-8H3;5,7H,8H2,1-4H3;1H;/q2*-1;;+2/p-1. The number of hydrogen-bond acceptors (Lipinski definition) is 5. The number of hydrogen-bond donors (Lipinski definition) is 0. The number of nitrogens with zero attached hydrogens (tertiary/aromatic N) is 3. The normalized spacial score (nSPS) is 12.5. The maximum absolute atomic E-state index is 5.16. The van der Waals surface area contributed by atoms with E-state index < -0.39 is 0 Å². The van der Waals surface area contributed by atoms with Gasteiger partial charge in [0.1, 0.15) is 0 Å². The van der Waals surface area contributed by atoms with Gasteiger partial charge in [-0.3, -0.25) is 0 Å². The van der Waals surface area contributed by atoms with E-state index in [1.54, 1.807) is 14.2 Å². The number of rotatable bonds is 10. The van der Waals surface area contributed by atoms with Gasteiger partial charge in [-0.2, -0.15) is 0 Å². The predicted molar refractivity (Wildman–Crippen MR) is 183 cm³/mol. The van der Waals surface area contributed by atoms with Crippen molar-refractivity contribution < 1.29 is 42.3 Å². The molecular weight excluding hydrogens is 672 g/mol. The van der Waals surface area contributed by atoms with Crippen molar-refractivity contribution in [3.05, 3.63) is 101 Å². The van der Waals surface area contributed by atoms with Gasteiger partial charge in [0, 0.05) is 29.4 Å². The van der Waals surface area contributed by atoms with Crippen LogP contribution in [0.3, 0.4) is 0 Å². The van der Waals surface area contributed by atoms with Gasteiger partial charge in [-0.05, 0) is 72.4 Å². The van der Waals surface area contributed by atoms with Gasteiger partial charge in [-0.1, -0.05) is 97.9 Å². The maximum Gasteiger partial charge on any atom is 2.00 e. The van der Waals surface area contributed by atoms with Crippen molar-refractivity contribution in [3.63, 3.8) is 0 Å². The van der Waals surface area contributed by atoms with Crippen LogP contribution >= 0.6 is 0 Å². The monoisotopic (exact) mass is 724 g/mol. The van der Waals surface area contributed by atoms with E-state index in [-0.39, 0.29) is 32.8 Å². The van der Waals surface area contributed by atoms with Crippen LogP contribution in [0, 0.1) is 12.7 Å². The van der Waals surface area contributed by atoms with Gasteiger partial charge in [-0.25, -0.2) is 0 Å². The molecule has 3 aromatic rings. The number of ether oxygens (including phenoxy) is 2. The molecule has 5 nitrogen and oxygen atoms in total. The minimum Gasteiger partial charge on any atom is -1.00 e. The van der Waals surface area contributed by atoms with Crippen LogP contribution in [0.5, 0.6) is 11.5 Å². The Hall–Kier alpha value is -2.49. The van der Waals surface area contributed by atoms with E-state index in [1.807, 2.05) is 26.2 Å². The summed E-state index contributed by atoms with van der Waals surface area (Å²) in [5.74, 6) is 3.43. The molecule has 0 N–H and O–H groups in total. The molecule has 0 aliphatic carbocycles. The van der Waals surface area contributed by atoms with Crippen molar-refractivity contribution in [2.45, 2.75) is 85.6 Å². The molecule has 0 aromatic heterocycles. The predicted octanol–water partition coefficient (Wildman–Crippen LogP) is 6.66. The van der Waals surface area contributed by atoms with Gasteiger partial charge in [0.15, 0.2) is 0 Å². The first-order valence-corrected chi connectivity index (χ1v) is 15.5. The molecule has 0 saturated heterocycles. The van der Waals surface area contributed by atoms with E-state index in [0.717, 1.165) is 17.9 Å². The largest absolute Gasteiger partial charge is 2.00 e. The first-order valence-electron chi connectivity index (χ1n) is 15.5. The third-order valence-electron chi connectivity index (χ3n) is 7.65. The Labute approximate surface area is 294 Å². The van der Waals surface area contributed by atoms with Gasteiger partial charge < -0.3 is 36.6 Å². The average molecular weight is 726 g/mol. The number of para-hydroxylation sites is 2. The van der Waals surface area contributed by atoms with Crippen LogP contribution in [0.25, 0.3) is 0 Å². The first-order chi connectivity index (χ1) is 20.4. The summed E-state index contributed by atoms with van der Waals surface area (Å²) in [7, 11) is 7.30. The minimum atomic E-state index is 0.